The van der Waals surface area contributed by atoms with E-state index in [2.05, 4.69) is 10.3 Å². The Morgan fingerprint density at radius 2 is 2.14 bits per heavy atom. The molecule has 1 aliphatic rings. The highest BCUT2D eigenvalue weighted by Crippen LogP contribution is 2.31. The molecule has 0 aromatic carbocycles. The molecule has 0 spiro atoms. The largest absolute Gasteiger partial charge is 0.459 e. The second-order valence-electron chi connectivity index (χ2n) is 5.19. The Balaban J connectivity index is 1.61. The van der Waals surface area contributed by atoms with Gasteiger partial charge in [0.25, 0.3) is 5.91 Å². The van der Waals surface area contributed by atoms with Gasteiger partial charge in [-0.05, 0) is 42.7 Å². The molecule has 0 aliphatic carbocycles. The molecule has 0 radical (unpaired) electrons. The summed E-state index contributed by atoms with van der Waals surface area (Å²) in [7, 11) is 0. The minimum Gasteiger partial charge on any atom is -0.459 e. The highest BCUT2D eigenvalue weighted by atomic mass is 16.3. The molecular formula is C16H17N3O3. The Labute approximate surface area is 128 Å². The van der Waals surface area contributed by atoms with Gasteiger partial charge in [0, 0.05) is 18.9 Å². The van der Waals surface area contributed by atoms with Gasteiger partial charge in [-0.2, -0.15) is 0 Å². The molecule has 6 heteroatoms. The lowest BCUT2D eigenvalue weighted by atomic mass is 10.1. The molecule has 1 aliphatic heterocycles. The number of nitrogens with one attached hydrogen (secondary N) is 1. The van der Waals surface area contributed by atoms with E-state index in [1.54, 1.807) is 24.5 Å². The molecule has 2 amide bonds. The standard InChI is InChI=1S/C16H17N3O3/c20-15(11-18-16(21)14-4-2-10-22-14)19-9-1-3-13(19)12-5-7-17-8-6-12/h2,4-8,10,13H,1,3,9,11H2,(H,18,21)/t13-/m0/s1. The predicted molar refractivity (Wildman–Crippen MR) is 79.0 cm³/mol. The maximum Gasteiger partial charge on any atom is 0.287 e. The van der Waals surface area contributed by atoms with Crippen molar-refractivity contribution in [2.75, 3.05) is 13.1 Å². The predicted octanol–water partition coefficient (Wildman–Crippen LogP) is 1.77. The normalized spacial score (nSPS) is 17.5. The van der Waals surface area contributed by atoms with Crippen LogP contribution in [0.4, 0.5) is 0 Å². The van der Waals surface area contributed by atoms with Crippen LogP contribution in [0.25, 0.3) is 0 Å². The van der Waals surface area contributed by atoms with Crippen LogP contribution < -0.4 is 5.32 Å². The van der Waals surface area contributed by atoms with Crippen molar-refractivity contribution in [3.63, 3.8) is 0 Å². The molecule has 0 bridgehead atoms. The molecule has 6 nitrogen and oxygen atoms in total. The maximum absolute atomic E-state index is 12.4. The van der Waals surface area contributed by atoms with E-state index in [9.17, 15) is 9.59 Å². The van der Waals surface area contributed by atoms with E-state index in [4.69, 9.17) is 4.42 Å². The average molecular weight is 299 g/mol. The number of nitrogens with zero attached hydrogens (tertiary/aromatic N) is 2. The van der Waals surface area contributed by atoms with Crippen LogP contribution >= 0.6 is 0 Å². The molecule has 22 heavy (non-hydrogen) atoms. The van der Waals surface area contributed by atoms with Gasteiger partial charge >= 0.3 is 0 Å². The summed E-state index contributed by atoms with van der Waals surface area (Å²) in [5.74, 6) is -0.253. The first kappa shape index (κ1) is 14.3. The van der Waals surface area contributed by atoms with Gasteiger partial charge in [-0.25, -0.2) is 0 Å². The third-order valence-electron chi connectivity index (χ3n) is 3.81. The zero-order valence-corrected chi connectivity index (χ0v) is 12.1. The van der Waals surface area contributed by atoms with Gasteiger partial charge in [-0.1, -0.05) is 0 Å². The molecule has 0 unspecified atom stereocenters. The van der Waals surface area contributed by atoms with Gasteiger partial charge in [0.1, 0.15) is 0 Å². The molecule has 2 aromatic heterocycles. The number of pyridine rings is 1. The van der Waals surface area contributed by atoms with Crippen LogP contribution in [0.15, 0.2) is 47.3 Å². The van der Waals surface area contributed by atoms with E-state index in [0.717, 1.165) is 18.4 Å². The second kappa shape index (κ2) is 6.43. The maximum atomic E-state index is 12.4. The first-order valence-corrected chi connectivity index (χ1v) is 7.27. The zero-order valence-electron chi connectivity index (χ0n) is 12.1. The number of hydrogen-bond donors (Lipinski definition) is 1. The number of carbonyl (C=O) groups excluding carboxylic acids is 2. The Hall–Kier alpha value is -2.63. The van der Waals surface area contributed by atoms with E-state index in [1.165, 1.54) is 6.26 Å². The lowest BCUT2D eigenvalue weighted by molar-refractivity contribution is -0.131. The molecular weight excluding hydrogens is 282 g/mol. The summed E-state index contributed by atoms with van der Waals surface area (Å²) in [6.07, 6.45) is 6.79. The minimum atomic E-state index is -0.377. The first-order chi connectivity index (χ1) is 10.8. The van der Waals surface area contributed by atoms with Crippen LogP contribution in [0, 0.1) is 0 Å². The molecule has 1 atom stereocenters. The molecule has 0 saturated carbocycles. The molecule has 1 N–H and O–H groups in total. The van der Waals surface area contributed by atoms with Crippen LogP contribution in [0.2, 0.25) is 0 Å². The fourth-order valence-corrected chi connectivity index (χ4v) is 2.75. The Bertz CT molecular complexity index is 640. The topological polar surface area (TPSA) is 75.4 Å². The number of furan rings is 1. The summed E-state index contributed by atoms with van der Waals surface area (Å²) in [5.41, 5.74) is 1.08. The smallest absolute Gasteiger partial charge is 0.287 e. The van der Waals surface area contributed by atoms with Crippen LogP contribution in [0.5, 0.6) is 0 Å². The lowest BCUT2D eigenvalue weighted by Crippen LogP contribution is -2.39. The van der Waals surface area contributed by atoms with Crippen molar-refractivity contribution in [3.05, 3.63) is 54.2 Å². The highest BCUT2D eigenvalue weighted by molar-refractivity contribution is 5.94. The van der Waals surface area contributed by atoms with Gasteiger partial charge in [0.05, 0.1) is 18.8 Å². The second-order valence-corrected chi connectivity index (χ2v) is 5.19. The monoisotopic (exact) mass is 299 g/mol. The van der Waals surface area contributed by atoms with Crippen molar-refractivity contribution in [2.24, 2.45) is 0 Å². The van der Waals surface area contributed by atoms with Gasteiger partial charge < -0.3 is 14.6 Å². The summed E-state index contributed by atoms with van der Waals surface area (Å²) in [4.78, 5) is 30.0. The Morgan fingerprint density at radius 3 is 2.86 bits per heavy atom. The summed E-state index contributed by atoms with van der Waals surface area (Å²) in [6, 6.07) is 7.12. The van der Waals surface area contributed by atoms with Crippen molar-refractivity contribution in [1.82, 2.24) is 15.2 Å². The van der Waals surface area contributed by atoms with Crippen LogP contribution in [0.1, 0.15) is 35.0 Å². The molecule has 3 rings (SSSR count). The summed E-state index contributed by atoms with van der Waals surface area (Å²) in [6.45, 7) is 0.684. The van der Waals surface area contributed by atoms with Crippen molar-refractivity contribution in [1.29, 1.82) is 0 Å². The van der Waals surface area contributed by atoms with Gasteiger partial charge in [0.2, 0.25) is 5.91 Å². The molecule has 1 fully saturated rings. The van der Waals surface area contributed by atoms with E-state index in [1.807, 2.05) is 17.0 Å². The minimum absolute atomic E-state index is 0.0267. The molecule has 2 aromatic rings. The first-order valence-electron chi connectivity index (χ1n) is 7.27. The van der Waals surface area contributed by atoms with Gasteiger partial charge in [-0.3, -0.25) is 14.6 Å². The van der Waals surface area contributed by atoms with E-state index < -0.39 is 0 Å². The van der Waals surface area contributed by atoms with Gasteiger partial charge in [0.15, 0.2) is 5.76 Å². The van der Waals surface area contributed by atoms with E-state index in [0.29, 0.717) is 6.54 Å². The van der Waals surface area contributed by atoms with Crippen LogP contribution in [-0.2, 0) is 4.79 Å². The van der Waals surface area contributed by atoms with E-state index >= 15 is 0 Å². The summed E-state index contributed by atoms with van der Waals surface area (Å²) in [5, 5.41) is 2.60. The summed E-state index contributed by atoms with van der Waals surface area (Å²) < 4.78 is 5.00. The third kappa shape index (κ3) is 3.00. The summed E-state index contributed by atoms with van der Waals surface area (Å²) >= 11 is 0. The number of carbonyl (C=O) groups is 2. The van der Waals surface area contributed by atoms with Crippen LogP contribution in [-0.4, -0.2) is 34.8 Å². The van der Waals surface area contributed by atoms with Crippen molar-refractivity contribution >= 4 is 11.8 Å². The number of likely N-dealkylation sites (tertiary alicyclic amines) is 1. The number of aromatic nitrogens is 1. The van der Waals surface area contributed by atoms with Crippen LogP contribution in [0.3, 0.4) is 0 Å². The fraction of sp³-hybridized carbons (Fsp3) is 0.312. The molecule has 114 valence electrons. The van der Waals surface area contributed by atoms with Crippen molar-refractivity contribution in [2.45, 2.75) is 18.9 Å². The molecule has 1 saturated heterocycles. The molecule has 3 heterocycles. The Kier molecular flexibility index (Phi) is 4.18. The number of rotatable bonds is 4. The lowest BCUT2D eigenvalue weighted by Gasteiger charge is -2.25. The zero-order chi connectivity index (χ0) is 15.4. The number of amides is 2. The Morgan fingerprint density at radius 1 is 1.32 bits per heavy atom. The number of hydrogen-bond acceptors (Lipinski definition) is 4. The fourth-order valence-electron chi connectivity index (χ4n) is 2.75. The average Bonchev–Trinajstić information content (AvgIpc) is 3.24. The third-order valence-corrected chi connectivity index (χ3v) is 3.81. The van der Waals surface area contributed by atoms with Gasteiger partial charge in [-0.15, -0.1) is 0 Å². The highest BCUT2D eigenvalue weighted by Gasteiger charge is 2.29. The van der Waals surface area contributed by atoms with Crippen molar-refractivity contribution < 1.29 is 14.0 Å². The quantitative estimate of drug-likeness (QED) is 0.933. The SMILES string of the molecule is O=C(NCC(=O)N1CCC[C@H]1c1ccncc1)c1ccco1. The van der Waals surface area contributed by atoms with E-state index in [-0.39, 0.29) is 30.2 Å². The van der Waals surface area contributed by atoms with Crippen molar-refractivity contribution in [3.8, 4) is 0 Å².